The lowest BCUT2D eigenvalue weighted by Gasteiger charge is -2.15. The van der Waals surface area contributed by atoms with E-state index in [9.17, 15) is 14.4 Å². The van der Waals surface area contributed by atoms with Crippen LogP contribution in [0.25, 0.3) is 0 Å². The molecule has 0 aromatic heterocycles. The molecular formula is C20H21BrClN3O4. The van der Waals surface area contributed by atoms with Gasteiger partial charge in [0.2, 0.25) is 11.8 Å². The first kappa shape index (κ1) is 22.7. The molecule has 0 aliphatic heterocycles. The summed E-state index contributed by atoms with van der Waals surface area (Å²) >= 11 is 9.28. The highest BCUT2D eigenvalue weighted by molar-refractivity contribution is 9.10. The topological polar surface area (TPSA) is 96.5 Å². The molecule has 0 bridgehead atoms. The Bertz CT molecular complexity index is 905. The zero-order chi connectivity index (χ0) is 21.4. The van der Waals surface area contributed by atoms with Crippen LogP contribution in [0.15, 0.2) is 46.9 Å². The molecule has 0 heterocycles. The monoisotopic (exact) mass is 481 g/mol. The Morgan fingerprint density at radius 1 is 1.03 bits per heavy atom. The lowest BCUT2D eigenvalue weighted by molar-refractivity contribution is -0.124. The Kier molecular flexibility index (Phi) is 8.48. The first-order valence-corrected chi connectivity index (χ1v) is 10.0. The fraction of sp³-hybridized carbons (Fsp3) is 0.250. The lowest BCUT2D eigenvalue weighted by atomic mass is 10.2. The maximum absolute atomic E-state index is 12.4. The number of halogens is 2. The van der Waals surface area contributed by atoms with E-state index >= 15 is 0 Å². The third-order valence-corrected chi connectivity index (χ3v) is 4.41. The van der Waals surface area contributed by atoms with Crippen LogP contribution >= 0.6 is 27.5 Å². The zero-order valence-corrected chi connectivity index (χ0v) is 18.3. The van der Waals surface area contributed by atoms with Crippen molar-refractivity contribution in [2.75, 3.05) is 5.32 Å². The highest BCUT2D eigenvalue weighted by Gasteiger charge is 2.16. The van der Waals surface area contributed by atoms with E-state index < -0.39 is 11.8 Å². The van der Waals surface area contributed by atoms with E-state index in [1.54, 1.807) is 42.5 Å². The van der Waals surface area contributed by atoms with Crippen molar-refractivity contribution < 1.29 is 19.1 Å². The molecule has 0 unspecified atom stereocenters. The number of hydrogen-bond donors (Lipinski definition) is 3. The molecule has 2 aromatic carbocycles. The number of anilines is 1. The summed E-state index contributed by atoms with van der Waals surface area (Å²) < 4.78 is 6.31. The Balaban J connectivity index is 1.84. The molecule has 2 aromatic rings. The molecule has 0 atom stereocenters. The molecule has 9 heteroatoms. The predicted molar refractivity (Wildman–Crippen MR) is 115 cm³/mol. The Morgan fingerprint density at radius 2 is 1.72 bits per heavy atom. The number of nitrogens with one attached hydrogen (secondary N) is 3. The van der Waals surface area contributed by atoms with Crippen LogP contribution in [-0.4, -0.2) is 23.8 Å². The molecule has 0 fully saturated rings. The van der Waals surface area contributed by atoms with E-state index in [1.165, 1.54) is 0 Å². The van der Waals surface area contributed by atoms with Gasteiger partial charge < -0.3 is 10.1 Å². The Labute approximate surface area is 182 Å². The van der Waals surface area contributed by atoms with Gasteiger partial charge in [-0.05, 0) is 44.2 Å². The maximum Gasteiger partial charge on any atom is 0.273 e. The number of amides is 3. The summed E-state index contributed by atoms with van der Waals surface area (Å²) in [6.45, 7) is 3.69. The van der Waals surface area contributed by atoms with Gasteiger partial charge in [-0.3, -0.25) is 25.2 Å². The summed E-state index contributed by atoms with van der Waals surface area (Å²) in [5.74, 6) is -1.00. The second-order valence-electron chi connectivity index (χ2n) is 6.34. The summed E-state index contributed by atoms with van der Waals surface area (Å²) in [7, 11) is 0. The predicted octanol–water partition coefficient (Wildman–Crippen LogP) is 4.07. The molecule has 0 aliphatic carbocycles. The first-order chi connectivity index (χ1) is 13.8. The average Bonchev–Trinajstić information content (AvgIpc) is 2.67. The van der Waals surface area contributed by atoms with Gasteiger partial charge in [-0.15, -0.1) is 0 Å². The van der Waals surface area contributed by atoms with Gasteiger partial charge in [0.05, 0.1) is 22.4 Å². The van der Waals surface area contributed by atoms with Gasteiger partial charge in [-0.1, -0.05) is 39.7 Å². The summed E-state index contributed by atoms with van der Waals surface area (Å²) in [6.07, 6.45) is -0.287. The highest BCUT2D eigenvalue weighted by atomic mass is 79.9. The first-order valence-electron chi connectivity index (χ1n) is 8.86. The largest absolute Gasteiger partial charge is 0.490 e. The SMILES string of the molecule is CC(C)Oc1ccc(Br)cc1C(=O)NNC(=O)CCC(=O)Nc1ccccc1Cl. The van der Waals surface area contributed by atoms with Gasteiger partial charge in [0.15, 0.2) is 0 Å². The van der Waals surface area contributed by atoms with Crippen molar-refractivity contribution >= 4 is 50.9 Å². The van der Waals surface area contributed by atoms with E-state index in [0.717, 1.165) is 0 Å². The number of hydrogen-bond acceptors (Lipinski definition) is 4. The van der Waals surface area contributed by atoms with Gasteiger partial charge in [0.1, 0.15) is 5.75 Å². The quantitative estimate of drug-likeness (QED) is 0.518. The summed E-state index contributed by atoms with van der Waals surface area (Å²) in [6, 6.07) is 11.8. The normalized spacial score (nSPS) is 10.4. The van der Waals surface area contributed by atoms with Crippen molar-refractivity contribution in [3.63, 3.8) is 0 Å². The smallest absolute Gasteiger partial charge is 0.273 e. The Hall–Kier alpha value is -2.58. The molecule has 0 spiro atoms. The second-order valence-corrected chi connectivity index (χ2v) is 7.66. The second kappa shape index (κ2) is 10.8. The molecule has 0 radical (unpaired) electrons. The van der Waals surface area contributed by atoms with Gasteiger partial charge in [-0.25, -0.2) is 0 Å². The lowest BCUT2D eigenvalue weighted by Crippen LogP contribution is -2.42. The van der Waals surface area contributed by atoms with E-state index in [-0.39, 0.29) is 30.4 Å². The van der Waals surface area contributed by atoms with E-state index in [1.807, 2.05) is 13.8 Å². The molecule has 29 heavy (non-hydrogen) atoms. The standard InChI is InChI=1S/C20H21BrClN3O4/c1-12(2)29-17-8-7-13(21)11-14(17)20(28)25-24-19(27)10-9-18(26)23-16-6-4-3-5-15(16)22/h3-8,11-12H,9-10H2,1-2H3,(H,23,26)(H,24,27)(H,25,28). The van der Waals surface area contributed by atoms with Crippen LogP contribution in [0.5, 0.6) is 5.75 Å². The number of ether oxygens (including phenoxy) is 1. The van der Waals surface area contributed by atoms with E-state index in [2.05, 4.69) is 32.1 Å². The van der Waals surface area contributed by atoms with Gasteiger partial charge in [0, 0.05) is 17.3 Å². The van der Waals surface area contributed by atoms with Crippen molar-refractivity contribution in [3.8, 4) is 5.75 Å². The van der Waals surface area contributed by atoms with Crippen molar-refractivity contribution in [1.29, 1.82) is 0 Å². The number of rotatable bonds is 7. The number of para-hydroxylation sites is 1. The van der Waals surface area contributed by atoms with Crippen molar-refractivity contribution in [2.24, 2.45) is 0 Å². The van der Waals surface area contributed by atoms with Crippen molar-refractivity contribution in [1.82, 2.24) is 10.9 Å². The Morgan fingerprint density at radius 3 is 2.41 bits per heavy atom. The molecule has 154 valence electrons. The van der Waals surface area contributed by atoms with Crippen LogP contribution in [0.3, 0.4) is 0 Å². The molecular weight excluding hydrogens is 462 g/mol. The molecule has 0 saturated heterocycles. The minimum absolute atomic E-state index is 0.0640. The number of carbonyl (C=O) groups excluding carboxylic acids is 3. The van der Waals surface area contributed by atoms with E-state index in [4.69, 9.17) is 16.3 Å². The van der Waals surface area contributed by atoms with Gasteiger partial charge >= 0.3 is 0 Å². The fourth-order valence-corrected chi connectivity index (χ4v) is 2.84. The zero-order valence-electron chi connectivity index (χ0n) is 15.9. The summed E-state index contributed by atoms with van der Waals surface area (Å²) in [5, 5.41) is 3.04. The van der Waals surface area contributed by atoms with Crippen LogP contribution in [0.1, 0.15) is 37.0 Å². The minimum atomic E-state index is -0.532. The van der Waals surface area contributed by atoms with Crippen LogP contribution in [0.2, 0.25) is 5.02 Å². The molecule has 3 amide bonds. The van der Waals surface area contributed by atoms with Crippen molar-refractivity contribution in [3.05, 3.63) is 57.5 Å². The number of benzene rings is 2. The number of hydrazine groups is 1. The third-order valence-electron chi connectivity index (χ3n) is 3.59. The summed E-state index contributed by atoms with van der Waals surface area (Å²) in [4.78, 5) is 36.3. The van der Waals surface area contributed by atoms with Crippen molar-refractivity contribution in [2.45, 2.75) is 32.8 Å². The van der Waals surface area contributed by atoms with Crippen LogP contribution in [0.4, 0.5) is 5.69 Å². The summed E-state index contributed by atoms with van der Waals surface area (Å²) in [5.41, 5.74) is 5.37. The molecule has 3 N–H and O–H groups in total. The van der Waals surface area contributed by atoms with Gasteiger partial charge in [-0.2, -0.15) is 0 Å². The molecule has 0 aliphatic rings. The third kappa shape index (κ3) is 7.40. The van der Waals surface area contributed by atoms with Crippen LogP contribution < -0.4 is 20.9 Å². The van der Waals surface area contributed by atoms with Gasteiger partial charge in [0.25, 0.3) is 5.91 Å². The fourth-order valence-electron chi connectivity index (χ4n) is 2.30. The van der Waals surface area contributed by atoms with E-state index in [0.29, 0.717) is 20.9 Å². The minimum Gasteiger partial charge on any atom is -0.490 e. The maximum atomic E-state index is 12.4. The van der Waals surface area contributed by atoms with Crippen LogP contribution in [-0.2, 0) is 9.59 Å². The van der Waals surface area contributed by atoms with Crippen LogP contribution in [0, 0.1) is 0 Å². The highest BCUT2D eigenvalue weighted by Crippen LogP contribution is 2.24. The average molecular weight is 483 g/mol. The number of carbonyl (C=O) groups is 3. The molecule has 0 saturated carbocycles. The molecule has 2 rings (SSSR count). The molecule has 7 nitrogen and oxygen atoms in total.